The zero-order valence-electron chi connectivity index (χ0n) is 6.57. The minimum atomic E-state index is -0.0978. The molecule has 0 aromatic carbocycles. The molecule has 1 heterocycles. The molecule has 0 spiro atoms. The Labute approximate surface area is 90.9 Å². The van der Waals surface area contributed by atoms with Crippen LogP contribution in [0.2, 0.25) is 0 Å². The largest absolute Gasteiger partial charge is 0.286 e. The number of halogens is 1. The van der Waals surface area contributed by atoms with Gasteiger partial charge in [0.1, 0.15) is 0 Å². The minimum Gasteiger partial charge on any atom is -0.286 e. The van der Waals surface area contributed by atoms with Crippen molar-refractivity contribution in [3.8, 4) is 0 Å². The number of alkyl halides is 1. The van der Waals surface area contributed by atoms with Gasteiger partial charge in [0, 0.05) is 16.5 Å². The molecule has 1 aliphatic heterocycles. The summed E-state index contributed by atoms with van der Waals surface area (Å²) < 4.78 is 0. The minimum absolute atomic E-state index is 0.0978. The van der Waals surface area contributed by atoms with Gasteiger partial charge in [-0.3, -0.25) is 4.79 Å². The van der Waals surface area contributed by atoms with Gasteiger partial charge in [-0.1, -0.05) is 33.8 Å². The molecule has 1 nitrogen and oxygen atoms in total. The monoisotopic (exact) mass is 266 g/mol. The normalized spacial score (nSPS) is 35.5. The highest BCUT2D eigenvalue weighted by Crippen LogP contribution is 2.39. The number of carbonyl (C=O) groups excluding carboxylic acids is 1. The highest BCUT2D eigenvalue weighted by atomic mass is 79.9. The zero-order valence-corrected chi connectivity index (χ0v) is 9.87. The van der Waals surface area contributed by atoms with E-state index in [-0.39, 0.29) is 10.4 Å². The third-order valence-electron chi connectivity index (χ3n) is 1.97. The van der Waals surface area contributed by atoms with E-state index in [0.29, 0.717) is 11.2 Å². The number of allylic oxidation sites excluding steroid dienone is 1. The lowest BCUT2D eigenvalue weighted by atomic mass is 10.0. The maximum Gasteiger partial charge on any atom is 0.202 e. The lowest BCUT2D eigenvalue weighted by molar-refractivity contribution is -0.110. The van der Waals surface area contributed by atoms with Crippen molar-refractivity contribution in [1.29, 1.82) is 0 Å². The van der Waals surface area contributed by atoms with Gasteiger partial charge in [-0.2, -0.15) is 12.6 Å². The zero-order chi connectivity index (χ0) is 9.14. The van der Waals surface area contributed by atoms with Gasteiger partial charge in [0.05, 0.1) is 5.25 Å². The average Bonchev–Trinajstić information content (AvgIpc) is 2.29. The van der Waals surface area contributed by atoms with Gasteiger partial charge in [-0.15, -0.1) is 6.58 Å². The fourth-order valence-electron chi connectivity index (χ4n) is 1.26. The van der Waals surface area contributed by atoms with E-state index >= 15 is 0 Å². The molecule has 1 saturated heterocycles. The molecule has 1 fully saturated rings. The van der Waals surface area contributed by atoms with Crippen LogP contribution in [0, 0.1) is 5.92 Å². The average molecular weight is 267 g/mol. The molecule has 0 aliphatic carbocycles. The van der Waals surface area contributed by atoms with Gasteiger partial charge in [-0.05, 0) is 6.42 Å². The predicted octanol–water partition coefficient (Wildman–Crippen LogP) is 2.51. The van der Waals surface area contributed by atoms with Crippen LogP contribution in [0.1, 0.15) is 6.42 Å². The fourth-order valence-corrected chi connectivity index (χ4v) is 4.50. The molecule has 4 heteroatoms. The van der Waals surface area contributed by atoms with E-state index in [1.54, 1.807) is 0 Å². The second kappa shape index (κ2) is 4.72. The molecule has 0 aromatic rings. The summed E-state index contributed by atoms with van der Waals surface area (Å²) in [5, 5.41) is 1.32. The topological polar surface area (TPSA) is 17.1 Å². The van der Waals surface area contributed by atoms with Gasteiger partial charge in [0.25, 0.3) is 0 Å². The van der Waals surface area contributed by atoms with Crippen LogP contribution in [0.4, 0.5) is 0 Å². The van der Waals surface area contributed by atoms with Crippen LogP contribution >= 0.6 is 40.3 Å². The smallest absolute Gasteiger partial charge is 0.202 e. The van der Waals surface area contributed by atoms with Crippen molar-refractivity contribution in [3.05, 3.63) is 12.7 Å². The quantitative estimate of drug-likeness (QED) is 0.481. The van der Waals surface area contributed by atoms with Crippen LogP contribution in [0.15, 0.2) is 12.7 Å². The van der Waals surface area contributed by atoms with Gasteiger partial charge in [0.2, 0.25) is 5.12 Å². The maximum absolute atomic E-state index is 11.3. The van der Waals surface area contributed by atoms with Gasteiger partial charge < -0.3 is 0 Å². The van der Waals surface area contributed by atoms with Crippen LogP contribution < -0.4 is 0 Å². The van der Waals surface area contributed by atoms with Crippen molar-refractivity contribution < 1.29 is 4.79 Å². The van der Waals surface area contributed by atoms with E-state index in [0.717, 1.165) is 11.8 Å². The summed E-state index contributed by atoms with van der Waals surface area (Å²) in [6.07, 6.45) is 2.76. The Morgan fingerprint density at radius 1 is 1.75 bits per heavy atom. The van der Waals surface area contributed by atoms with Crippen molar-refractivity contribution in [2.75, 3.05) is 5.33 Å². The molecule has 12 heavy (non-hydrogen) atoms. The van der Waals surface area contributed by atoms with Crippen LogP contribution in [0.5, 0.6) is 0 Å². The molecule has 68 valence electrons. The first-order valence-electron chi connectivity index (χ1n) is 3.76. The van der Waals surface area contributed by atoms with E-state index in [1.165, 1.54) is 11.8 Å². The third kappa shape index (κ3) is 2.09. The third-order valence-corrected chi connectivity index (χ3v) is 4.84. The molecule has 0 bridgehead atoms. The Morgan fingerprint density at radius 2 is 2.42 bits per heavy atom. The van der Waals surface area contributed by atoms with Gasteiger partial charge in [-0.25, -0.2) is 0 Å². The van der Waals surface area contributed by atoms with Crippen molar-refractivity contribution in [2.45, 2.75) is 16.9 Å². The highest BCUT2D eigenvalue weighted by molar-refractivity contribution is 9.09. The van der Waals surface area contributed by atoms with E-state index in [9.17, 15) is 4.79 Å². The summed E-state index contributed by atoms with van der Waals surface area (Å²) in [6, 6.07) is 0. The Bertz CT molecular complexity index is 195. The summed E-state index contributed by atoms with van der Waals surface area (Å²) in [6.45, 7) is 3.68. The fraction of sp³-hybridized carbons (Fsp3) is 0.625. The molecular formula is C8H11BrOS2. The molecule has 0 amide bonds. The Kier molecular flexibility index (Phi) is 4.20. The van der Waals surface area contributed by atoms with Crippen molar-refractivity contribution in [1.82, 2.24) is 0 Å². The molecule has 0 saturated carbocycles. The van der Waals surface area contributed by atoms with Gasteiger partial charge >= 0.3 is 0 Å². The summed E-state index contributed by atoms with van der Waals surface area (Å²) in [7, 11) is 0. The molecule has 0 aromatic heterocycles. The highest BCUT2D eigenvalue weighted by Gasteiger charge is 2.39. The van der Waals surface area contributed by atoms with E-state index < -0.39 is 0 Å². The molecule has 3 atom stereocenters. The molecule has 1 aliphatic rings. The summed E-state index contributed by atoms with van der Waals surface area (Å²) in [5.41, 5.74) is 0. The van der Waals surface area contributed by atoms with Crippen molar-refractivity contribution in [2.24, 2.45) is 5.92 Å². The van der Waals surface area contributed by atoms with Crippen LogP contribution in [0.25, 0.3) is 0 Å². The first-order chi connectivity index (χ1) is 5.70. The van der Waals surface area contributed by atoms with Crippen LogP contribution in [-0.2, 0) is 4.79 Å². The standard InChI is InChI=1S/C8H11BrOS2/c1-2-3-6-5(4-9)7(11)8(10)12-6/h2,5-7,11H,1,3-4H2. The maximum atomic E-state index is 11.3. The van der Waals surface area contributed by atoms with E-state index in [1.807, 2.05) is 6.08 Å². The molecular weight excluding hydrogens is 256 g/mol. The molecule has 3 unspecified atom stereocenters. The Hall–Kier alpha value is 0.590. The van der Waals surface area contributed by atoms with Crippen LogP contribution in [0.3, 0.4) is 0 Å². The number of hydrogen-bond donors (Lipinski definition) is 1. The number of thiol groups is 1. The Balaban J connectivity index is 2.64. The van der Waals surface area contributed by atoms with Crippen molar-refractivity contribution in [3.63, 3.8) is 0 Å². The lowest BCUT2D eigenvalue weighted by Crippen LogP contribution is -2.21. The van der Waals surface area contributed by atoms with E-state index in [2.05, 4.69) is 35.1 Å². The number of hydrogen-bond acceptors (Lipinski definition) is 3. The number of rotatable bonds is 3. The lowest BCUT2D eigenvalue weighted by Gasteiger charge is -2.15. The summed E-state index contributed by atoms with van der Waals surface area (Å²) >= 11 is 9.10. The van der Waals surface area contributed by atoms with Gasteiger partial charge in [0.15, 0.2) is 0 Å². The van der Waals surface area contributed by atoms with Crippen LogP contribution in [-0.4, -0.2) is 20.9 Å². The predicted molar refractivity (Wildman–Crippen MR) is 61.3 cm³/mol. The number of thioether (sulfide) groups is 1. The Morgan fingerprint density at radius 3 is 2.92 bits per heavy atom. The SMILES string of the molecule is C=CCC1SC(=O)C(S)C1CBr. The number of carbonyl (C=O) groups is 1. The molecule has 0 N–H and O–H groups in total. The summed E-state index contributed by atoms with van der Waals surface area (Å²) in [4.78, 5) is 11.3. The van der Waals surface area contributed by atoms with E-state index in [4.69, 9.17) is 0 Å². The summed E-state index contributed by atoms with van der Waals surface area (Å²) in [5.74, 6) is 0.351. The first-order valence-corrected chi connectivity index (χ1v) is 6.28. The second-order valence-corrected chi connectivity index (χ2v) is 5.21. The molecule has 0 radical (unpaired) electrons. The second-order valence-electron chi connectivity index (χ2n) is 2.76. The van der Waals surface area contributed by atoms with Crippen molar-refractivity contribution >= 4 is 45.4 Å². The molecule has 1 rings (SSSR count). The first kappa shape index (κ1) is 10.7.